The molecule has 0 fully saturated rings. The molecule has 0 spiro atoms. The van der Waals surface area contributed by atoms with Crippen LogP contribution >= 0.6 is 46.7 Å². The normalized spacial score (nSPS) is 10.7. The lowest BCUT2D eigenvalue weighted by Crippen LogP contribution is -1.97. The molecule has 4 rings (SSSR count). The summed E-state index contributed by atoms with van der Waals surface area (Å²) < 4.78 is 23.1. The monoisotopic (exact) mass is 558 g/mol. The van der Waals surface area contributed by atoms with Crippen LogP contribution in [-0.2, 0) is 0 Å². The average Bonchev–Trinajstić information content (AvgIpc) is 2.90. The molecule has 0 aromatic heterocycles. The highest BCUT2D eigenvalue weighted by atomic mass is 35.5. The van der Waals surface area contributed by atoms with Crippen LogP contribution in [0.5, 0.6) is 23.0 Å². The average molecular weight is 560 g/mol. The zero-order valence-corrected chi connectivity index (χ0v) is 23.3. The fourth-order valence-electron chi connectivity index (χ4n) is 3.58. The van der Waals surface area contributed by atoms with Gasteiger partial charge < -0.3 is 18.9 Å². The minimum atomic E-state index is 0.686. The van der Waals surface area contributed by atoms with E-state index in [1.807, 2.05) is 72.8 Å². The zero-order chi connectivity index (χ0) is 25.7. The highest BCUT2D eigenvalue weighted by Gasteiger charge is 2.20. The first kappa shape index (κ1) is 26.4. The summed E-state index contributed by atoms with van der Waals surface area (Å²) in [4.78, 5) is 3.91. The highest BCUT2D eigenvalue weighted by molar-refractivity contribution is 7.99. The number of hydrogen-bond donors (Lipinski definition) is 0. The van der Waals surface area contributed by atoms with E-state index in [0.717, 1.165) is 30.7 Å². The summed E-state index contributed by atoms with van der Waals surface area (Å²) in [6.07, 6.45) is 0. The van der Waals surface area contributed by atoms with Gasteiger partial charge in [0.05, 0.1) is 38.2 Å². The lowest BCUT2D eigenvalue weighted by atomic mass is 10.0. The van der Waals surface area contributed by atoms with Gasteiger partial charge in [-0.15, -0.1) is 0 Å². The third-order valence-electron chi connectivity index (χ3n) is 5.34. The van der Waals surface area contributed by atoms with Crippen molar-refractivity contribution < 1.29 is 18.9 Å². The van der Waals surface area contributed by atoms with Crippen LogP contribution in [0, 0.1) is 0 Å². The Balaban J connectivity index is 1.77. The predicted molar refractivity (Wildman–Crippen MR) is 149 cm³/mol. The van der Waals surface area contributed by atoms with E-state index in [1.54, 1.807) is 52.0 Å². The van der Waals surface area contributed by atoms with Gasteiger partial charge in [-0.1, -0.05) is 46.7 Å². The molecule has 0 aliphatic carbocycles. The fourth-order valence-corrected chi connectivity index (χ4v) is 5.70. The van der Waals surface area contributed by atoms with Crippen LogP contribution < -0.4 is 18.9 Å². The Morgan fingerprint density at radius 3 is 1.11 bits per heavy atom. The summed E-state index contributed by atoms with van der Waals surface area (Å²) >= 11 is 15.2. The maximum absolute atomic E-state index is 6.04. The molecule has 0 aliphatic heterocycles. The van der Waals surface area contributed by atoms with Gasteiger partial charge in [-0.3, -0.25) is 0 Å². The number of benzene rings is 4. The van der Waals surface area contributed by atoms with E-state index < -0.39 is 0 Å². The lowest BCUT2D eigenvalue weighted by Gasteiger charge is -2.19. The molecule has 36 heavy (non-hydrogen) atoms. The predicted octanol–water partition coefficient (Wildman–Crippen LogP) is 9.00. The Kier molecular flexibility index (Phi) is 8.86. The molecule has 0 amide bonds. The first-order valence-electron chi connectivity index (χ1n) is 10.8. The van der Waals surface area contributed by atoms with Crippen LogP contribution in [0.1, 0.15) is 0 Å². The molecule has 4 aromatic carbocycles. The highest BCUT2D eigenvalue weighted by Crippen LogP contribution is 2.48. The molecule has 4 nitrogen and oxygen atoms in total. The zero-order valence-electron chi connectivity index (χ0n) is 20.1. The van der Waals surface area contributed by atoms with Gasteiger partial charge in [-0.25, -0.2) is 0 Å². The molecule has 0 radical (unpaired) electrons. The molecular formula is C28H24Cl2O4S2. The summed E-state index contributed by atoms with van der Waals surface area (Å²) in [5, 5.41) is 1.39. The second-order valence-corrected chi connectivity index (χ2v) is 10.6. The molecule has 0 saturated heterocycles. The Morgan fingerprint density at radius 1 is 0.472 bits per heavy atom. The van der Waals surface area contributed by atoms with Gasteiger partial charge in [0.25, 0.3) is 0 Å². The van der Waals surface area contributed by atoms with Crippen molar-refractivity contribution >= 4 is 46.7 Å². The number of methoxy groups -OCH3 is 4. The van der Waals surface area contributed by atoms with Gasteiger partial charge in [0.1, 0.15) is 23.0 Å². The molecule has 8 heteroatoms. The molecule has 4 aromatic rings. The van der Waals surface area contributed by atoms with Crippen molar-refractivity contribution in [2.75, 3.05) is 28.4 Å². The summed E-state index contributed by atoms with van der Waals surface area (Å²) in [5.74, 6) is 2.80. The fraction of sp³-hybridized carbons (Fsp3) is 0.143. The van der Waals surface area contributed by atoms with E-state index in [1.165, 1.54) is 0 Å². The van der Waals surface area contributed by atoms with Crippen molar-refractivity contribution in [3.8, 4) is 34.1 Å². The van der Waals surface area contributed by atoms with Crippen molar-refractivity contribution in [1.29, 1.82) is 0 Å². The quantitative estimate of drug-likeness (QED) is 0.204. The number of hydrogen-bond acceptors (Lipinski definition) is 6. The van der Waals surface area contributed by atoms with E-state index in [2.05, 4.69) is 0 Å². The van der Waals surface area contributed by atoms with Crippen molar-refractivity contribution in [3.05, 3.63) is 82.8 Å². The smallest absolute Gasteiger partial charge is 0.133 e. The Bertz CT molecular complexity index is 1240. The molecule has 0 aliphatic rings. The summed E-state index contributed by atoms with van der Waals surface area (Å²) in [6, 6.07) is 23.2. The Labute approximate surface area is 229 Å². The van der Waals surface area contributed by atoms with Gasteiger partial charge in [0.2, 0.25) is 0 Å². The molecule has 0 heterocycles. The number of ether oxygens (including phenoxy) is 4. The lowest BCUT2D eigenvalue weighted by molar-refractivity contribution is 0.391. The molecule has 0 unspecified atom stereocenters. The standard InChI is InChI=1S/C28H24Cl2O4S2/c1-31-23-15-27(35-19-9-5-17(29)6-10-19)25(33-3)13-21(23)22-14-26(34-4)28(16-24(22)32-2)36-20-11-7-18(30)8-12-20/h5-16H,1-4H3. The molecular weight excluding hydrogens is 535 g/mol. The molecule has 0 saturated carbocycles. The van der Waals surface area contributed by atoms with Gasteiger partial charge >= 0.3 is 0 Å². The van der Waals surface area contributed by atoms with Gasteiger partial charge in [-0.05, 0) is 72.8 Å². The first-order chi connectivity index (χ1) is 17.4. The van der Waals surface area contributed by atoms with Crippen LogP contribution in [-0.4, -0.2) is 28.4 Å². The molecule has 0 bridgehead atoms. The summed E-state index contributed by atoms with van der Waals surface area (Å²) in [6.45, 7) is 0. The van der Waals surface area contributed by atoms with Crippen LogP contribution in [0.2, 0.25) is 10.0 Å². The maximum Gasteiger partial charge on any atom is 0.133 e. The summed E-state index contributed by atoms with van der Waals surface area (Å²) in [5.41, 5.74) is 1.65. The largest absolute Gasteiger partial charge is 0.496 e. The maximum atomic E-state index is 6.04. The Morgan fingerprint density at radius 2 is 0.806 bits per heavy atom. The topological polar surface area (TPSA) is 36.9 Å². The van der Waals surface area contributed by atoms with Gasteiger partial charge in [0, 0.05) is 31.0 Å². The van der Waals surface area contributed by atoms with Crippen LogP contribution in [0.25, 0.3) is 11.1 Å². The second-order valence-electron chi connectivity index (χ2n) is 7.52. The van der Waals surface area contributed by atoms with E-state index in [9.17, 15) is 0 Å². The molecule has 0 atom stereocenters. The minimum Gasteiger partial charge on any atom is -0.496 e. The van der Waals surface area contributed by atoms with E-state index >= 15 is 0 Å². The summed E-state index contributed by atoms with van der Waals surface area (Å²) in [7, 11) is 6.61. The van der Waals surface area contributed by atoms with Crippen molar-refractivity contribution in [3.63, 3.8) is 0 Å². The van der Waals surface area contributed by atoms with Crippen LogP contribution in [0.4, 0.5) is 0 Å². The van der Waals surface area contributed by atoms with E-state index in [-0.39, 0.29) is 0 Å². The van der Waals surface area contributed by atoms with Crippen LogP contribution in [0.3, 0.4) is 0 Å². The number of halogens is 2. The minimum absolute atomic E-state index is 0.686. The Hall–Kier alpha value is -2.64. The van der Waals surface area contributed by atoms with Gasteiger partial charge in [-0.2, -0.15) is 0 Å². The van der Waals surface area contributed by atoms with Crippen LogP contribution in [0.15, 0.2) is 92.4 Å². The van der Waals surface area contributed by atoms with Crippen molar-refractivity contribution in [2.45, 2.75) is 19.6 Å². The second kappa shape index (κ2) is 12.1. The molecule has 186 valence electrons. The van der Waals surface area contributed by atoms with E-state index in [4.69, 9.17) is 42.1 Å². The third kappa shape index (κ3) is 6.01. The van der Waals surface area contributed by atoms with Gasteiger partial charge in [0.15, 0.2) is 0 Å². The number of rotatable bonds is 9. The third-order valence-corrected chi connectivity index (χ3v) is 7.94. The van der Waals surface area contributed by atoms with E-state index in [0.29, 0.717) is 33.0 Å². The first-order valence-corrected chi connectivity index (χ1v) is 13.2. The molecule has 0 N–H and O–H groups in total. The SMILES string of the molecule is COc1cc(-c2cc(OC)c(Sc3ccc(Cl)cc3)cc2OC)c(OC)cc1Sc1ccc(Cl)cc1. The van der Waals surface area contributed by atoms with Crippen molar-refractivity contribution in [2.24, 2.45) is 0 Å². The van der Waals surface area contributed by atoms with Crippen molar-refractivity contribution in [1.82, 2.24) is 0 Å².